The molecule has 4 rings (SSSR count). The minimum absolute atomic E-state index is 0.0326. The van der Waals surface area contributed by atoms with Crippen LogP contribution >= 0.6 is 0 Å². The number of amides is 1. The van der Waals surface area contributed by atoms with Crippen molar-refractivity contribution in [3.63, 3.8) is 0 Å². The summed E-state index contributed by atoms with van der Waals surface area (Å²) in [7, 11) is 3.30. The lowest BCUT2D eigenvalue weighted by molar-refractivity contribution is 0.0785. The number of nitrogens with zero attached hydrogens (tertiary/aromatic N) is 6. The normalized spacial score (nSPS) is 13.3. The lowest BCUT2D eigenvalue weighted by atomic mass is 10.2. The van der Waals surface area contributed by atoms with E-state index in [0.29, 0.717) is 48.9 Å². The van der Waals surface area contributed by atoms with Crippen molar-refractivity contribution in [1.82, 2.24) is 24.1 Å². The molecule has 0 aliphatic carbocycles. The number of anilines is 2. The number of carbonyl (C=O) groups is 1. The molecule has 10 heteroatoms. The summed E-state index contributed by atoms with van der Waals surface area (Å²) in [6.07, 6.45) is 3.73. The highest BCUT2D eigenvalue weighted by Gasteiger charge is 2.24. The molecule has 152 valence electrons. The summed E-state index contributed by atoms with van der Waals surface area (Å²) < 4.78 is 8.51. The Labute approximate surface area is 166 Å². The van der Waals surface area contributed by atoms with E-state index in [2.05, 4.69) is 10.1 Å². The van der Waals surface area contributed by atoms with Gasteiger partial charge in [-0.3, -0.25) is 9.20 Å². The molecule has 0 saturated carbocycles. The van der Waals surface area contributed by atoms with E-state index >= 15 is 0 Å². The van der Waals surface area contributed by atoms with E-state index in [0.717, 1.165) is 5.69 Å². The van der Waals surface area contributed by atoms with Gasteiger partial charge in [0.2, 0.25) is 0 Å². The van der Waals surface area contributed by atoms with Crippen molar-refractivity contribution >= 4 is 23.1 Å². The number of aliphatic hydroxyl groups is 1. The van der Waals surface area contributed by atoms with Gasteiger partial charge in [-0.1, -0.05) is 0 Å². The minimum Gasteiger partial charge on any atom is -0.488 e. The molecule has 0 spiro atoms. The first kappa shape index (κ1) is 18.9. The van der Waals surface area contributed by atoms with Gasteiger partial charge in [0.05, 0.1) is 12.1 Å². The van der Waals surface area contributed by atoms with Gasteiger partial charge in [-0.2, -0.15) is 5.10 Å². The second-order valence-electron chi connectivity index (χ2n) is 6.87. The van der Waals surface area contributed by atoms with Crippen LogP contribution in [0.4, 0.5) is 11.5 Å². The van der Waals surface area contributed by atoms with Gasteiger partial charge in [0, 0.05) is 51.4 Å². The maximum Gasteiger partial charge on any atom is 0.350 e. The Bertz CT molecular complexity index is 1120. The van der Waals surface area contributed by atoms with Crippen LogP contribution in [0.1, 0.15) is 16.8 Å². The summed E-state index contributed by atoms with van der Waals surface area (Å²) in [4.78, 5) is 32.6. The number of rotatable bonds is 5. The number of hydrogen-bond acceptors (Lipinski definition) is 7. The Hall–Kier alpha value is -3.40. The highest BCUT2D eigenvalue weighted by molar-refractivity contribution is 5.94. The molecule has 10 nitrogen and oxygen atoms in total. The van der Waals surface area contributed by atoms with Crippen molar-refractivity contribution in [1.29, 1.82) is 0 Å². The first-order valence-corrected chi connectivity index (χ1v) is 9.31. The highest BCUT2D eigenvalue weighted by atomic mass is 16.5. The minimum atomic E-state index is -0.208. The Morgan fingerprint density at radius 1 is 1.38 bits per heavy atom. The fourth-order valence-corrected chi connectivity index (χ4v) is 3.33. The van der Waals surface area contributed by atoms with Crippen molar-refractivity contribution in [2.75, 3.05) is 38.3 Å². The second-order valence-corrected chi connectivity index (χ2v) is 6.87. The van der Waals surface area contributed by atoms with Gasteiger partial charge in [0.15, 0.2) is 17.2 Å². The number of fused-ring (bicyclic) bond motifs is 2. The van der Waals surface area contributed by atoms with Gasteiger partial charge in [-0.05, 0) is 18.6 Å². The molecule has 0 bridgehead atoms. The quantitative estimate of drug-likeness (QED) is 0.664. The van der Waals surface area contributed by atoms with Gasteiger partial charge in [-0.25, -0.2) is 14.5 Å². The number of aliphatic hydroxyl groups excluding tert-OH is 1. The summed E-state index contributed by atoms with van der Waals surface area (Å²) in [6, 6.07) is 5.34. The van der Waals surface area contributed by atoms with E-state index in [9.17, 15) is 9.59 Å². The number of aryl methyl sites for hydroxylation is 1. The predicted octanol–water partition coefficient (Wildman–Crippen LogP) is 0.413. The van der Waals surface area contributed by atoms with Crippen molar-refractivity contribution in [2.45, 2.75) is 6.42 Å². The van der Waals surface area contributed by atoms with Gasteiger partial charge in [0.25, 0.3) is 5.91 Å². The molecule has 1 amide bonds. The summed E-state index contributed by atoms with van der Waals surface area (Å²) in [6.45, 7) is 1.51. The predicted molar refractivity (Wildman–Crippen MR) is 106 cm³/mol. The van der Waals surface area contributed by atoms with Crippen molar-refractivity contribution in [2.24, 2.45) is 7.05 Å². The average molecular weight is 398 g/mol. The van der Waals surface area contributed by atoms with Gasteiger partial charge >= 0.3 is 5.69 Å². The molecule has 1 aliphatic heterocycles. The Kier molecular flexibility index (Phi) is 4.93. The van der Waals surface area contributed by atoms with Crippen LogP contribution in [0.5, 0.6) is 5.75 Å². The smallest absolute Gasteiger partial charge is 0.350 e. The summed E-state index contributed by atoms with van der Waals surface area (Å²) >= 11 is 0. The zero-order valence-electron chi connectivity index (χ0n) is 16.3. The molecule has 29 heavy (non-hydrogen) atoms. The van der Waals surface area contributed by atoms with Crippen LogP contribution in [-0.4, -0.2) is 68.4 Å². The van der Waals surface area contributed by atoms with E-state index in [1.807, 2.05) is 17.0 Å². The van der Waals surface area contributed by atoms with E-state index in [1.54, 1.807) is 31.3 Å². The molecule has 1 N–H and O–H groups in total. The number of carbonyl (C=O) groups excluding carboxylic acids is 1. The topological polar surface area (TPSA) is 105 Å². The first-order chi connectivity index (χ1) is 14.0. The van der Waals surface area contributed by atoms with E-state index in [-0.39, 0.29) is 18.2 Å². The fourth-order valence-electron chi connectivity index (χ4n) is 3.33. The number of ether oxygens (including phenoxy) is 1. The molecule has 0 atom stereocenters. The molecule has 0 unspecified atom stereocenters. The van der Waals surface area contributed by atoms with E-state index in [1.165, 1.54) is 15.3 Å². The summed E-state index contributed by atoms with van der Waals surface area (Å²) in [5, 5.41) is 13.2. The Balaban J connectivity index is 1.65. The number of pyridine rings is 2. The van der Waals surface area contributed by atoms with Crippen LogP contribution < -0.4 is 15.3 Å². The van der Waals surface area contributed by atoms with Gasteiger partial charge < -0.3 is 19.6 Å². The maximum atomic E-state index is 12.6. The molecular weight excluding hydrogens is 376 g/mol. The lowest BCUT2D eigenvalue weighted by Crippen LogP contribution is -2.31. The standard InChI is InChI=1S/C19H22N6O4/c1-22(5-3-8-26)18(27)13-10-15-17(20-12-13)24(7-9-29-15)14-4-6-25-16(11-14)21-23(2)19(25)28/h4,6,10-12,26H,3,5,7-9H2,1-2H3. The van der Waals surface area contributed by atoms with E-state index < -0.39 is 0 Å². The molecule has 4 heterocycles. The van der Waals surface area contributed by atoms with Gasteiger partial charge in [-0.15, -0.1) is 0 Å². The molecule has 0 aromatic carbocycles. The Morgan fingerprint density at radius 3 is 3.00 bits per heavy atom. The lowest BCUT2D eigenvalue weighted by Gasteiger charge is -2.30. The largest absolute Gasteiger partial charge is 0.488 e. The van der Waals surface area contributed by atoms with Crippen LogP contribution in [-0.2, 0) is 7.05 Å². The molecule has 3 aromatic rings. The molecule has 0 saturated heterocycles. The zero-order chi connectivity index (χ0) is 20.5. The zero-order valence-corrected chi connectivity index (χ0v) is 16.3. The SMILES string of the molecule is CN(CCCO)C(=O)c1cnc2c(c1)OCCN2c1ccn2c(=O)n(C)nc2c1. The third-order valence-electron chi connectivity index (χ3n) is 4.87. The number of hydrogen-bond donors (Lipinski definition) is 1. The van der Waals surface area contributed by atoms with Gasteiger partial charge in [0.1, 0.15) is 6.61 Å². The summed E-state index contributed by atoms with van der Waals surface area (Å²) in [5.74, 6) is 0.952. The van der Waals surface area contributed by atoms with Crippen molar-refractivity contribution in [3.05, 3.63) is 46.6 Å². The molecule has 1 aliphatic rings. The van der Waals surface area contributed by atoms with Crippen molar-refractivity contribution < 1.29 is 14.6 Å². The molecule has 0 fully saturated rings. The second kappa shape index (κ2) is 7.55. The monoisotopic (exact) mass is 398 g/mol. The molecule has 3 aromatic heterocycles. The average Bonchev–Trinajstić information content (AvgIpc) is 3.03. The Morgan fingerprint density at radius 2 is 2.21 bits per heavy atom. The maximum absolute atomic E-state index is 12.6. The molecular formula is C19H22N6O4. The van der Waals surface area contributed by atoms with Crippen LogP contribution in [0, 0.1) is 0 Å². The van der Waals surface area contributed by atoms with Crippen LogP contribution in [0.15, 0.2) is 35.4 Å². The highest BCUT2D eigenvalue weighted by Crippen LogP contribution is 2.35. The third-order valence-corrected chi connectivity index (χ3v) is 4.87. The molecule has 0 radical (unpaired) electrons. The van der Waals surface area contributed by atoms with Crippen molar-refractivity contribution in [3.8, 4) is 5.75 Å². The summed E-state index contributed by atoms with van der Waals surface area (Å²) in [5.41, 5.74) is 1.60. The first-order valence-electron chi connectivity index (χ1n) is 9.31. The van der Waals surface area contributed by atoms with Crippen LogP contribution in [0.2, 0.25) is 0 Å². The van der Waals surface area contributed by atoms with Crippen LogP contribution in [0.3, 0.4) is 0 Å². The number of aromatic nitrogens is 4. The van der Waals surface area contributed by atoms with E-state index in [4.69, 9.17) is 9.84 Å². The fraction of sp³-hybridized carbons (Fsp3) is 0.368. The third kappa shape index (κ3) is 3.42. The van der Waals surface area contributed by atoms with Crippen LogP contribution in [0.25, 0.3) is 5.65 Å².